The van der Waals surface area contributed by atoms with Crippen LogP contribution >= 0.6 is 0 Å². The van der Waals surface area contributed by atoms with Gasteiger partial charge in [0.1, 0.15) is 6.04 Å². The molecule has 0 spiro atoms. The summed E-state index contributed by atoms with van der Waals surface area (Å²) in [4.78, 5) is 13.6. The summed E-state index contributed by atoms with van der Waals surface area (Å²) >= 11 is 0. The van der Waals surface area contributed by atoms with Crippen LogP contribution in [0.15, 0.2) is 24.3 Å². The maximum Gasteiger partial charge on any atom is 0.320 e. The molecule has 1 saturated carbocycles. The number of hydrogen-bond acceptors (Lipinski definition) is 2. The number of rotatable bonds is 4. The summed E-state index contributed by atoms with van der Waals surface area (Å²) in [5.41, 5.74) is 0.579. The van der Waals surface area contributed by atoms with Crippen molar-refractivity contribution in [3.05, 3.63) is 41.5 Å². The van der Waals surface area contributed by atoms with Crippen molar-refractivity contribution < 1.29 is 18.7 Å². The molecule has 2 aliphatic rings. The molecule has 1 heterocycles. The highest BCUT2D eigenvalue weighted by atomic mass is 19.2. The van der Waals surface area contributed by atoms with Crippen LogP contribution in [0.4, 0.5) is 8.78 Å². The largest absolute Gasteiger partial charge is 0.480 e. The van der Waals surface area contributed by atoms with Crippen LogP contribution in [0.25, 0.3) is 6.08 Å². The molecule has 0 aromatic heterocycles. The average molecular weight is 321 g/mol. The first-order chi connectivity index (χ1) is 11.1. The first kappa shape index (κ1) is 16.1. The van der Waals surface area contributed by atoms with E-state index in [4.69, 9.17) is 0 Å². The molecule has 1 saturated heterocycles. The summed E-state index contributed by atoms with van der Waals surface area (Å²) in [7, 11) is 0. The van der Waals surface area contributed by atoms with E-state index in [1.807, 2.05) is 6.08 Å². The van der Waals surface area contributed by atoms with Crippen molar-refractivity contribution in [2.24, 2.45) is 5.92 Å². The third-order valence-electron chi connectivity index (χ3n) is 5.08. The highest BCUT2D eigenvalue weighted by Crippen LogP contribution is 2.39. The van der Waals surface area contributed by atoms with Gasteiger partial charge in [-0.05, 0) is 42.9 Å². The lowest BCUT2D eigenvalue weighted by molar-refractivity contribution is -0.142. The molecule has 1 aromatic carbocycles. The van der Waals surface area contributed by atoms with Crippen molar-refractivity contribution in [1.29, 1.82) is 0 Å². The maximum absolute atomic E-state index is 13.2. The lowest BCUT2D eigenvalue weighted by atomic mass is 9.85. The highest BCUT2D eigenvalue weighted by molar-refractivity contribution is 5.74. The van der Waals surface area contributed by atoms with Gasteiger partial charge in [0.25, 0.3) is 0 Å². The van der Waals surface area contributed by atoms with Crippen LogP contribution in [-0.2, 0) is 4.79 Å². The minimum atomic E-state index is -0.871. The predicted molar refractivity (Wildman–Crippen MR) is 83.9 cm³/mol. The zero-order valence-electron chi connectivity index (χ0n) is 12.9. The fourth-order valence-electron chi connectivity index (χ4n) is 3.98. The van der Waals surface area contributed by atoms with Gasteiger partial charge in [-0.1, -0.05) is 31.1 Å². The molecule has 124 valence electrons. The molecule has 0 bridgehead atoms. The third-order valence-corrected chi connectivity index (χ3v) is 5.08. The van der Waals surface area contributed by atoms with E-state index in [1.54, 1.807) is 6.08 Å². The molecule has 1 aliphatic carbocycles. The molecule has 3 rings (SSSR count). The minimum absolute atomic E-state index is 0.333. The zero-order valence-corrected chi connectivity index (χ0v) is 12.9. The van der Waals surface area contributed by atoms with Crippen LogP contribution in [0.5, 0.6) is 0 Å². The molecule has 0 radical (unpaired) electrons. The Morgan fingerprint density at radius 3 is 2.78 bits per heavy atom. The van der Waals surface area contributed by atoms with E-state index >= 15 is 0 Å². The van der Waals surface area contributed by atoms with E-state index in [1.165, 1.54) is 12.5 Å². The summed E-state index contributed by atoms with van der Waals surface area (Å²) < 4.78 is 26.1. The SMILES string of the molecule is O=C(O)C1CC2CCCCC2N1C/C=C/c1ccc(F)c(F)c1. The van der Waals surface area contributed by atoms with E-state index in [9.17, 15) is 18.7 Å². The Morgan fingerprint density at radius 2 is 2.04 bits per heavy atom. The van der Waals surface area contributed by atoms with Crippen LogP contribution < -0.4 is 0 Å². The second-order valence-corrected chi connectivity index (χ2v) is 6.47. The van der Waals surface area contributed by atoms with Crippen LogP contribution in [0.3, 0.4) is 0 Å². The summed E-state index contributed by atoms with van der Waals surface area (Å²) in [5.74, 6) is -2.02. The van der Waals surface area contributed by atoms with Gasteiger partial charge >= 0.3 is 5.97 Å². The van der Waals surface area contributed by atoms with Gasteiger partial charge in [0.05, 0.1) is 0 Å². The smallest absolute Gasteiger partial charge is 0.320 e. The van der Waals surface area contributed by atoms with E-state index in [0.717, 1.165) is 37.8 Å². The minimum Gasteiger partial charge on any atom is -0.480 e. The Balaban J connectivity index is 1.70. The molecule has 23 heavy (non-hydrogen) atoms. The number of likely N-dealkylation sites (tertiary alicyclic amines) is 1. The van der Waals surface area contributed by atoms with Crippen LogP contribution in [0.1, 0.15) is 37.7 Å². The van der Waals surface area contributed by atoms with Crippen molar-refractivity contribution in [2.45, 2.75) is 44.2 Å². The molecule has 5 heteroatoms. The molecule has 1 aromatic rings. The Hall–Kier alpha value is -1.75. The van der Waals surface area contributed by atoms with Gasteiger partial charge in [-0.25, -0.2) is 8.78 Å². The summed E-state index contributed by atoms with van der Waals surface area (Å²) in [6, 6.07) is 3.66. The van der Waals surface area contributed by atoms with Gasteiger partial charge in [-0.3, -0.25) is 9.69 Å². The number of nitrogens with zero attached hydrogens (tertiary/aromatic N) is 1. The van der Waals surface area contributed by atoms with Gasteiger partial charge in [0.2, 0.25) is 0 Å². The Bertz CT molecular complexity index is 617. The average Bonchev–Trinajstić information content (AvgIpc) is 2.90. The molecule has 1 aliphatic heterocycles. The molecule has 3 unspecified atom stereocenters. The number of carbonyl (C=O) groups is 1. The number of benzene rings is 1. The molecular formula is C18H21F2NO2. The summed E-state index contributed by atoms with van der Waals surface area (Å²) in [5, 5.41) is 9.46. The van der Waals surface area contributed by atoms with Crippen molar-refractivity contribution in [1.82, 2.24) is 4.90 Å². The normalized spacial score (nSPS) is 28.2. The topological polar surface area (TPSA) is 40.5 Å². The third kappa shape index (κ3) is 3.44. The van der Waals surface area contributed by atoms with Gasteiger partial charge in [-0.15, -0.1) is 0 Å². The number of hydrogen-bond donors (Lipinski definition) is 1. The summed E-state index contributed by atoms with van der Waals surface area (Å²) in [6.45, 7) is 0.525. The quantitative estimate of drug-likeness (QED) is 0.919. The van der Waals surface area contributed by atoms with Crippen molar-refractivity contribution in [2.75, 3.05) is 6.54 Å². The number of aliphatic carboxylic acids is 1. The van der Waals surface area contributed by atoms with E-state index in [-0.39, 0.29) is 0 Å². The summed E-state index contributed by atoms with van der Waals surface area (Å²) in [6.07, 6.45) is 8.78. The molecule has 2 fully saturated rings. The molecule has 3 nitrogen and oxygen atoms in total. The lowest BCUT2D eigenvalue weighted by Crippen LogP contribution is -2.42. The molecule has 0 amide bonds. The molecule has 1 N–H and O–H groups in total. The lowest BCUT2D eigenvalue weighted by Gasteiger charge is -2.32. The Kier molecular flexibility index (Phi) is 4.76. The van der Waals surface area contributed by atoms with E-state index in [0.29, 0.717) is 24.1 Å². The predicted octanol–water partition coefficient (Wildman–Crippen LogP) is 3.70. The van der Waals surface area contributed by atoms with E-state index < -0.39 is 23.6 Å². The first-order valence-electron chi connectivity index (χ1n) is 8.16. The van der Waals surface area contributed by atoms with Gasteiger partial charge in [-0.2, -0.15) is 0 Å². The van der Waals surface area contributed by atoms with Crippen molar-refractivity contribution in [3.8, 4) is 0 Å². The second kappa shape index (κ2) is 6.79. The molecule has 3 atom stereocenters. The van der Waals surface area contributed by atoms with Gasteiger partial charge in [0, 0.05) is 12.6 Å². The number of fused-ring (bicyclic) bond motifs is 1. The Morgan fingerprint density at radius 1 is 1.26 bits per heavy atom. The number of halogens is 2. The van der Waals surface area contributed by atoms with Crippen LogP contribution in [-0.4, -0.2) is 34.6 Å². The Labute approximate surface area is 134 Å². The zero-order chi connectivity index (χ0) is 16.4. The highest BCUT2D eigenvalue weighted by Gasteiger charge is 2.44. The number of carboxylic acid groups (broad SMARTS) is 1. The van der Waals surface area contributed by atoms with Crippen LogP contribution in [0, 0.1) is 17.6 Å². The van der Waals surface area contributed by atoms with Crippen molar-refractivity contribution in [3.63, 3.8) is 0 Å². The monoisotopic (exact) mass is 321 g/mol. The molecular weight excluding hydrogens is 300 g/mol. The standard InChI is InChI=1S/C18H21F2NO2/c19-14-8-7-12(10-15(14)20)4-3-9-21-16-6-2-1-5-13(16)11-17(21)18(22)23/h3-4,7-8,10,13,16-17H,1-2,5-6,9,11H2,(H,22,23)/b4-3+. The van der Waals surface area contributed by atoms with Gasteiger partial charge in [0.15, 0.2) is 11.6 Å². The fourth-order valence-corrected chi connectivity index (χ4v) is 3.98. The fraction of sp³-hybridized carbons (Fsp3) is 0.500. The second-order valence-electron chi connectivity index (χ2n) is 6.47. The van der Waals surface area contributed by atoms with Gasteiger partial charge < -0.3 is 5.11 Å². The van der Waals surface area contributed by atoms with E-state index in [2.05, 4.69) is 4.90 Å². The maximum atomic E-state index is 13.2. The number of carboxylic acids is 1. The van der Waals surface area contributed by atoms with Crippen LogP contribution in [0.2, 0.25) is 0 Å². The first-order valence-corrected chi connectivity index (χ1v) is 8.16. The van der Waals surface area contributed by atoms with Crippen molar-refractivity contribution >= 4 is 12.0 Å².